The van der Waals surface area contributed by atoms with Gasteiger partial charge in [-0.1, -0.05) is 23.7 Å². The number of nitrogens with zero attached hydrogens (tertiary/aromatic N) is 2. The van der Waals surface area contributed by atoms with E-state index in [1.54, 1.807) is 6.92 Å². The van der Waals surface area contributed by atoms with E-state index in [1.807, 2.05) is 53.4 Å². The standard InChI is InChI=1S/C20H16ClFN4O2/c1-13(14-4-7-16(8-5-14)26-10-2-3-11-26)24-25-20(28)19(27)23-15-6-9-18(22)17(21)12-15/h2-12H,1H3,(H,23,27)(H,25,28). The maximum atomic E-state index is 13.1. The largest absolute Gasteiger partial charge is 0.329 e. The quantitative estimate of drug-likeness (QED) is 0.399. The van der Waals surface area contributed by atoms with Crippen molar-refractivity contribution in [3.8, 4) is 5.69 Å². The lowest BCUT2D eigenvalue weighted by Crippen LogP contribution is -2.32. The fraction of sp³-hybridized carbons (Fsp3) is 0.0500. The van der Waals surface area contributed by atoms with Crippen LogP contribution >= 0.6 is 11.6 Å². The summed E-state index contributed by atoms with van der Waals surface area (Å²) in [6.45, 7) is 1.71. The molecule has 0 aliphatic carbocycles. The van der Waals surface area contributed by atoms with Crippen LogP contribution < -0.4 is 10.7 Å². The summed E-state index contributed by atoms with van der Waals surface area (Å²) in [5.41, 5.74) is 4.71. The fourth-order valence-corrected chi connectivity index (χ4v) is 2.57. The molecule has 2 N–H and O–H groups in total. The first-order valence-electron chi connectivity index (χ1n) is 8.28. The van der Waals surface area contributed by atoms with Gasteiger partial charge in [-0.3, -0.25) is 9.59 Å². The maximum absolute atomic E-state index is 13.1. The molecule has 0 aliphatic rings. The number of nitrogens with one attached hydrogen (secondary N) is 2. The van der Waals surface area contributed by atoms with Crippen LogP contribution in [0.1, 0.15) is 12.5 Å². The summed E-state index contributed by atoms with van der Waals surface area (Å²) < 4.78 is 15.1. The third-order valence-electron chi connectivity index (χ3n) is 3.90. The monoisotopic (exact) mass is 398 g/mol. The van der Waals surface area contributed by atoms with E-state index in [0.717, 1.165) is 17.3 Å². The van der Waals surface area contributed by atoms with Crippen LogP contribution in [-0.2, 0) is 9.59 Å². The summed E-state index contributed by atoms with van der Waals surface area (Å²) in [5.74, 6) is -2.52. The van der Waals surface area contributed by atoms with E-state index >= 15 is 0 Å². The van der Waals surface area contributed by atoms with Crippen molar-refractivity contribution in [2.75, 3.05) is 5.32 Å². The molecule has 8 heteroatoms. The van der Waals surface area contributed by atoms with Gasteiger partial charge in [0, 0.05) is 23.8 Å². The second-order valence-electron chi connectivity index (χ2n) is 5.86. The zero-order valence-electron chi connectivity index (χ0n) is 14.8. The molecule has 2 aromatic carbocycles. The zero-order valence-corrected chi connectivity index (χ0v) is 15.6. The number of hydrogen-bond acceptors (Lipinski definition) is 3. The van der Waals surface area contributed by atoms with Gasteiger partial charge >= 0.3 is 11.8 Å². The van der Waals surface area contributed by atoms with Crippen molar-refractivity contribution in [2.24, 2.45) is 5.10 Å². The van der Waals surface area contributed by atoms with E-state index in [9.17, 15) is 14.0 Å². The van der Waals surface area contributed by atoms with Gasteiger partial charge in [-0.25, -0.2) is 9.82 Å². The summed E-state index contributed by atoms with van der Waals surface area (Å²) >= 11 is 5.64. The van der Waals surface area contributed by atoms with Crippen LogP contribution in [0.15, 0.2) is 72.1 Å². The molecule has 6 nitrogen and oxygen atoms in total. The molecule has 0 bridgehead atoms. The molecule has 0 aliphatic heterocycles. The van der Waals surface area contributed by atoms with Crippen molar-refractivity contribution in [2.45, 2.75) is 6.92 Å². The topological polar surface area (TPSA) is 75.5 Å². The molecule has 0 spiro atoms. The van der Waals surface area contributed by atoms with Crippen LogP contribution in [0.4, 0.5) is 10.1 Å². The normalized spacial score (nSPS) is 11.2. The molecule has 0 unspecified atom stereocenters. The first kappa shape index (κ1) is 19.3. The molecule has 0 radical (unpaired) electrons. The van der Waals surface area contributed by atoms with E-state index in [2.05, 4.69) is 15.8 Å². The van der Waals surface area contributed by atoms with Crippen LogP contribution in [0.25, 0.3) is 5.69 Å². The zero-order chi connectivity index (χ0) is 20.1. The minimum absolute atomic E-state index is 0.157. The predicted molar refractivity (Wildman–Crippen MR) is 106 cm³/mol. The fourth-order valence-electron chi connectivity index (χ4n) is 2.39. The van der Waals surface area contributed by atoms with E-state index in [1.165, 1.54) is 12.1 Å². The lowest BCUT2D eigenvalue weighted by atomic mass is 10.1. The Morgan fingerprint density at radius 3 is 2.36 bits per heavy atom. The minimum atomic E-state index is -0.955. The van der Waals surface area contributed by atoms with Crippen LogP contribution in [0.2, 0.25) is 5.02 Å². The molecule has 2 amide bonds. The van der Waals surface area contributed by atoms with Crippen molar-refractivity contribution in [3.63, 3.8) is 0 Å². The van der Waals surface area contributed by atoms with Gasteiger partial charge in [0.15, 0.2) is 0 Å². The van der Waals surface area contributed by atoms with Crippen molar-refractivity contribution >= 4 is 34.8 Å². The van der Waals surface area contributed by atoms with Gasteiger partial charge in [0.2, 0.25) is 0 Å². The third kappa shape index (κ3) is 4.63. The SMILES string of the molecule is CC(=NNC(=O)C(=O)Nc1ccc(F)c(Cl)c1)c1ccc(-n2cccc2)cc1. The minimum Gasteiger partial charge on any atom is -0.324 e. The highest BCUT2D eigenvalue weighted by Gasteiger charge is 2.14. The van der Waals surface area contributed by atoms with Crippen LogP contribution in [0.5, 0.6) is 0 Å². The number of amides is 2. The first-order chi connectivity index (χ1) is 13.4. The van der Waals surface area contributed by atoms with E-state index < -0.39 is 17.6 Å². The molecular weight excluding hydrogens is 383 g/mol. The number of anilines is 1. The van der Waals surface area contributed by atoms with Gasteiger partial charge < -0.3 is 9.88 Å². The van der Waals surface area contributed by atoms with Crippen molar-refractivity contribution < 1.29 is 14.0 Å². The van der Waals surface area contributed by atoms with Crippen molar-refractivity contribution in [3.05, 3.63) is 83.4 Å². The molecule has 3 rings (SSSR count). The lowest BCUT2D eigenvalue weighted by molar-refractivity contribution is -0.136. The second-order valence-corrected chi connectivity index (χ2v) is 6.27. The van der Waals surface area contributed by atoms with E-state index in [-0.39, 0.29) is 10.7 Å². The number of hydrogen-bond donors (Lipinski definition) is 2. The highest BCUT2D eigenvalue weighted by atomic mass is 35.5. The molecule has 0 saturated heterocycles. The number of rotatable bonds is 4. The van der Waals surface area contributed by atoms with Gasteiger partial charge in [-0.15, -0.1) is 0 Å². The molecule has 142 valence electrons. The molecule has 1 aromatic heterocycles. The Balaban J connectivity index is 1.61. The summed E-state index contributed by atoms with van der Waals surface area (Å²) in [6.07, 6.45) is 3.87. The van der Waals surface area contributed by atoms with Gasteiger partial charge in [0.1, 0.15) is 5.82 Å². The van der Waals surface area contributed by atoms with Gasteiger partial charge in [0.25, 0.3) is 0 Å². The number of benzene rings is 2. The molecular formula is C20H16ClFN4O2. The maximum Gasteiger partial charge on any atom is 0.329 e. The molecule has 1 heterocycles. The highest BCUT2D eigenvalue weighted by Crippen LogP contribution is 2.19. The van der Waals surface area contributed by atoms with Crippen LogP contribution in [0.3, 0.4) is 0 Å². The Morgan fingerprint density at radius 1 is 1.04 bits per heavy atom. The Morgan fingerprint density at radius 2 is 1.71 bits per heavy atom. The summed E-state index contributed by atoms with van der Waals surface area (Å²) in [4.78, 5) is 23.8. The van der Waals surface area contributed by atoms with E-state index in [0.29, 0.717) is 5.71 Å². The summed E-state index contributed by atoms with van der Waals surface area (Å²) in [6, 6.07) is 15.0. The van der Waals surface area contributed by atoms with Gasteiger partial charge in [-0.2, -0.15) is 5.10 Å². The lowest BCUT2D eigenvalue weighted by Gasteiger charge is -2.07. The Labute approximate surface area is 165 Å². The number of halogens is 2. The smallest absolute Gasteiger partial charge is 0.324 e. The number of hydrazone groups is 1. The van der Waals surface area contributed by atoms with Crippen LogP contribution in [0, 0.1) is 5.82 Å². The average molecular weight is 399 g/mol. The second kappa shape index (κ2) is 8.49. The Bertz CT molecular complexity index is 1030. The number of carbonyl (C=O) groups excluding carboxylic acids is 2. The molecule has 3 aromatic rings. The Hall–Kier alpha value is -3.45. The third-order valence-corrected chi connectivity index (χ3v) is 4.19. The summed E-state index contributed by atoms with van der Waals surface area (Å²) in [7, 11) is 0. The number of carbonyl (C=O) groups is 2. The molecule has 0 saturated carbocycles. The molecule has 0 atom stereocenters. The highest BCUT2D eigenvalue weighted by molar-refractivity contribution is 6.40. The van der Waals surface area contributed by atoms with Gasteiger partial charge in [-0.05, 0) is 55.0 Å². The summed E-state index contributed by atoms with van der Waals surface area (Å²) in [5, 5.41) is 6.11. The number of aromatic nitrogens is 1. The van der Waals surface area contributed by atoms with E-state index in [4.69, 9.17) is 11.6 Å². The Kier molecular flexibility index (Phi) is 5.86. The average Bonchev–Trinajstić information content (AvgIpc) is 3.23. The molecule has 28 heavy (non-hydrogen) atoms. The molecule has 0 fully saturated rings. The van der Waals surface area contributed by atoms with Crippen molar-refractivity contribution in [1.82, 2.24) is 9.99 Å². The first-order valence-corrected chi connectivity index (χ1v) is 8.66. The predicted octanol–water partition coefficient (Wildman–Crippen LogP) is 3.75. The van der Waals surface area contributed by atoms with Crippen LogP contribution in [-0.4, -0.2) is 22.1 Å². The van der Waals surface area contributed by atoms with Crippen molar-refractivity contribution in [1.29, 1.82) is 0 Å². The van der Waals surface area contributed by atoms with Gasteiger partial charge in [0.05, 0.1) is 10.7 Å².